The zero-order valence-corrected chi connectivity index (χ0v) is 28.8. The minimum atomic E-state index is -1.20. The molecule has 3 N–H and O–H groups in total. The minimum absolute atomic E-state index is 0.131. The van der Waals surface area contributed by atoms with Gasteiger partial charge in [0.1, 0.15) is 30.8 Å². The molecule has 0 aromatic carbocycles. The molecule has 2 aliphatic rings. The molecule has 1 aromatic rings. The fraction of sp³-hybridized carbons (Fsp3) is 0.636. The first-order valence-corrected chi connectivity index (χ1v) is 17.6. The number of furan rings is 1. The third kappa shape index (κ3) is 11.0. The fourth-order valence-corrected chi connectivity index (χ4v) is 6.89. The summed E-state index contributed by atoms with van der Waals surface area (Å²) in [7, 11) is 2.47. The lowest BCUT2D eigenvalue weighted by atomic mass is 10.0. The smallest absolute Gasteiger partial charge is 0.404 e. The number of nitrogens with zero attached hydrogens (tertiary/aromatic N) is 2. The molecule has 15 heteroatoms. The predicted octanol–water partition coefficient (Wildman–Crippen LogP) is 4.56. The summed E-state index contributed by atoms with van der Waals surface area (Å²) < 4.78 is 20.7. The van der Waals surface area contributed by atoms with Gasteiger partial charge in [0.15, 0.2) is 11.9 Å². The monoisotopic (exact) mass is 692 g/mol. The molecule has 1 saturated heterocycles. The Morgan fingerprint density at radius 1 is 1.04 bits per heavy atom. The first-order valence-electron chi connectivity index (χ1n) is 16.6. The molecule has 266 valence electrons. The molecule has 2 aliphatic heterocycles. The molecule has 0 spiro atoms. The van der Waals surface area contributed by atoms with E-state index in [4.69, 9.17) is 29.2 Å². The predicted molar refractivity (Wildman–Crippen MR) is 177 cm³/mol. The molecule has 3 rings (SSSR count). The van der Waals surface area contributed by atoms with Gasteiger partial charge in [-0.25, -0.2) is 14.4 Å². The average molecular weight is 693 g/mol. The highest BCUT2D eigenvalue weighted by atomic mass is 32.2. The van der Waals surface area contributed by atoms with E-state index in [0.29, 0.717) is 6.42 Å². The molecule has 0 saturated carbocycles. The summed E-state index contributed by atoms with van der Waals surface area (Å²) in [6, 6.07) is 2.05. The molecule has 14 nitrogen and oxygen atoms in total. The van der Waals surface area contributed by atoms with Crippen molar-refractivity contribution in [3.05, 3.63) is 35.4 Å². The molecular formula is C33H48N4O10S. The van der Waals surface area contributed by atoms with Crippen molar-refractivity contribution < 1.29 is 47.4 Å². The number of hydrogen-bond acceptors (Lipinski definition) is 12. The standard InChI is InChI=1S/C33H48N4O10S/c1-4-5-6-7-8-9-10-11-12-13-14-15-17-24(31(40)43-2)47-32(41)27-22(20-46-33(34)42)21-48-30-26(29(39)37(27)30)35-28(38)25(36-44-3)23-18-16-19-45-23/h16,18-19,24,26,30H,4-15,17,20-21H2,1-3H3,(H2,34,42)(H,35,38)/b36-25-/t24-,26-,30-/m1/s1. The van der Waals surface area contributed by atoms with Crippen molar-refractivity contribution >= 4 is 47.3 Å². The maximum Gasteiger partial charge on any atom is 0.404 e. The summed E-state index contributed by atoms with van der Waals surface area (Å²) in [6.45, 7) is 1.85. The molecular weight excluding hydrogens is 644 g/mol. The highest BCUT2D eigenvalue weighted by Gasteiger charge is 2.55. The lowest BCUT2D eigenvalue weighted by Crippen LogP contribution is -2.71. The summed E-state index contributed by atoms with van der Waals surface area (Å²) in [5, 5.41) is 5.64. The highest BCUT2D eigenvalue weighted by molar-refractivity contribution is 8.00. The number of primary amides is 1. The number of carbonyl (C=O) groups excluding carboxylic acids is 5. The van der Waals surface area contributed by atoms with Gasteiger partial charge in [0, 0.05) is 11.3 Å². The molecule has 0 unspecified atom stereocenters. The molecule has 3 atom stereocenters. The van der Waals surface area contributed by atoms with Crippen molar-refractivity contribution in [1.82, 2.24) is 10.2 Å². The van der Waals surface area contributed by atoms with Crippen molar-refractivity contribution in [3.8, 4) is 0 Å². The first-order chi connectivity index (χ1) is 23.2. The number of ether oxygens (including phenoxy) is 3. The van der Waals surface area contributed by atoms with Crippen LogP contribution in [0.4, 0.5) is 4.79 Å². The number of nitrogens with two attached hydrogens (primary N) is 1. The molecule has 0 bridgehead atoms. The number of thioether (sulfide) groups is 1. The Morgan fingerprint density at radius 2 is 1.69 bits per heavy atom. The average Bonchev–Trinajstić information content (AvgIpc) is 3.62. The van der Waals surface area contributed by atoms with Crippen molar-refractivity contribution in [2.45, 2.75) is 108 Å². The van der Waals surface area contributed by atoms with Gasteiger partial charge in [0.25, 0.3) is 11.8 Å². The Morgan fingerprint density at radius 3 is 2.25 bits per heavy atom. The van der Waals surface area contributed by atoms with E-state index in [2.05, 4.69) is 17.4 Å². The molecule has 0 aliphatic carbocycles. The lowest BCUT2D eigenvalue weighted by molar-refractivity contribution is -0.167. The number of rotatable bonds is 22. The van der Waals surface area contributed by atoms with E-state index in [1.54, 1.807) is 6.07 Å². The Balaban J connectivity index is 1.61. The Kier molecular flexibility index (Phi) is 16.3. The maximum atomic E-state index is 13.6. The van der Waals surface area contributed by atoms with E-state index in [0.717, 1.165) is 19.3 Å². The molecule has 1 aromatic heterocycles. The van der Waals surface area contributed by atoms with Crippen LogP contribution < -0.4 is 11.1 Å². The van der Waals surface area contributed by atoms with Crippen LogP contribution in [0.15, 0.2) is 39.2 Å². The van der Waals surface area contributed by atoms with E-state index >= 15 is 0 Å². The van der Waals surface area contributed by atoms with Gasteiger partial charge in [-0.05, 0) is 25.0 Å². The van der Waals surface area contributed by atoms with E-state index in [1.807, 2.05) is 0 Å². The van der Waals surface area contributed by atoms with Crippen LogP contribution in [-0.4, -0.2) is 84.6 Å². The molecule has 1 fully saturated rings. The fourth-order valence-electron chi connectivity index (χ4n) is 5.57. The first kappa shape index (κ1) is 38.4. The van der Waals surface area contributed by atoms with Gasteiger partial charge in [-0.3, -0.25) is 14.5 Å². The zero-order valence-electron chi connectivity index (χ0n) is 28.0. The van der Waals surface area contributed by atoms with Gasteiger partial charge in [0.05, 0.1) is 13.4 Å². The zero-order chi connectivity index (χ0) is 34.9. The summed E-state index contributed by atoms with van der Waals surface area (Å²) in [5.41, 5.74) is 5.07. The van der Waals surface area contributed by atoms with Gasteiger partial charge >= 0.3 is 18.0 Å². The Labute approximate surface area is 285 Å². The van der Waals surface area contributed by atoms with E-state index in [9.17, 15) is 24.0 Å². The number of methoxy groups -OCH3 is 1. The quantitative estimate of drug-likeness (QED) is 0.0433. The third-order valence-electron chi connectivity index (χ3n) is 8.10. The molecule has 3 heterocycles. The number of amides is 3. The number of oxime groups is 1. The Hall–Kier alpha value is -4.01. The van der Waals surface area contributed by atoms with Crippen LogP contribution in [0.5, 0.6) is 0 Å². The SMILES string of the molecule is CCCCCCCCCCCCCC[C@@H](OC(=O)C1=C(COC(N)=O)CS[C@@H]2[C@H](NC(=O)/C(=N\OC)c3ccco3)C(=O)N12)C(=O)OC. The second-order valence-corrected chi connectivity index (χ2v) is 12.7. The van der Waals surface area contributed by atoms with Crippen LogP contribution in [0.3, 0.4) is 0 Å². The molecule has 0 radical (unpaired) electrons. The summed E-state index contributed by atoms with van der Waals surface area (Å²) in [5.74, 6) is -2.73. The normalized spacial score (nSPS) is 18.0. The summed E-state index contributed by atoms with van der Waals surface area (Å²) in [6.07, 6.45) is 13.0. The maximum absolute atomic E-state index is 13.6. The number of hydrogen-bond donors (Lipinski definition) is 2. The van der Waals surface area contributed by atoms with Crippen LogP contribution in [0, 0.1) is 0 Å². The van der Waals surface area contributed by atoms with Crippen LogP contribution >= 0.6 is 11.8 Å². The number of nitrogens with one attached hydrogen (secondary N) is 1. The second kappa shape index (κ2) is 20.4. The van der Waals surface area contributed by atoms with Gasteiger partial charge in [-0.1, -0.05) is 82.7 Å². The number of fused-ring (bicyclic) bond motifs is 1. The van der Waals surface area contributed by atoms with E-state index in [1.165, 1.54) is 94.6 Å². The van der Waals surface area contributed by atoms with Crippen molar-refractivity contribution in [1.29, 1.82) is 0 Å². The van der Waals surface area contributed by atoms with Gasteiger partial charge in [-0.2, -0.15) is 0 Å². The van der Waals surface area contributed by atoms with Crippen LogP contribution in [0.2, 0.25) is 0 Å². The van der Waals surface area contributed by atoms with Gasteiger partial charge in [0.2, 0.25) is 5.71 Å². The van der Waals surface area contributed by atoms with Crippen molar-refractivity contribution in [2.24, 2.45) is 10.9 Å². The lowest BCUT2D eigenvalue weighted by Gasteiger charge is -2.49. The number of carbonyl (C=O) groups is 5. The number of unbranched alkanes of at least 4 members (excludes halogenated alkanes) is 11. The highest BCUT2D eigenvalue weighted by Crippen LogP contribution is 2.41. The Bertz CT molecular complexity index is 1300. The minimum Gasteiger partial charge on any atom is -0.466 e. The number of β-lactam (4-membered cyclic amide) rings is 1. The van der Waals surface area contributed by atoms with Crippen LogP contribution in [-0.2, 0) is 38.2 Å². The topological polar surface area (TPSA) is 189 Å². The van der Waals surface area contributed by atoms with Crippen molar-refractivity contribution in [2.75, 3.05) is 26.6 Å². The summed E-state index contributed by atoms with van der Waals surface area (Å²) in [4.78, 5) is 70.0. The molecule has 48 heavy (non-hydrogen) atoms. The van der Waals surface area contributed by atoms with Crippen LogP contribution in [0.25, 0.3) is 0 Å². The third-order valence-corrected chi connectivity index (χ3v) is 9.44. The van der Waals surface area contributed by atoms with E-state index < -0.39 is 47.4 Å². The van der Waals surface area contributed by atoms with Gasteiger partial charge in [-0.15, -0.1) is 11.8 Å². The second-order valence-electron chi connectivity index (χ2n) is 11.6. The summed E-state index contributed by atoms with van der Waals surface area (Å²) >= 11 is 1.24. The van der Waals surface area contributed by atoms with E-state index in [-0.39, 0.29) is 41.5 Å². The molecule has 3 amide bonds. The number of esters is 2. The largest absolute Gasteiger partial charge is 0.466 e. The van der Waals surface area contributed by atoms with Crippen molar-refractivity contribution in [3.63, 3.8) is 0 Å². The van der Waals surface area contributed by atoms with Gasteiger partial charge < -0.3 is 34.5 Å². The van der Waals surface area contributed by atoms with Crippen LogP contribution in [0.1, 0.15) is 96.2 Å².